The predicted molar refractivity (Wildman–Crippen MR) is 98.7 cm³/mol. The third kappa shape index (κ3) is 3.61. The van der Waals surface area contributed by atoms with Crippen LogP contribution >= 0.6 is 0 Å². The fourth-order valence-electron chi connectivity index (χ4n) is 3.80. The summed E-state index contributed by atoms with van der Waals surface area (Å²) in [6.45, 7) is 4.40. The van der Waals surface area contributed by atoms with E-state index < -0.39 is 0 Å². The zero-order chi connectivity index (χ0) is 19.0. The molecule has 0 aromatic carbocycles. The number of carbonyl (C=O) groups excluding carboxylic acids is 2. The van der Waals surface area contributed by atoms with E-state index in [2.05, 4.69) is 15.5 Å². The monoisotopic (exact) mass is 370 g/mol. The van der Waals surface area contributed by atoms with Crippen LogP contribution in [0, 0.1) is 12.8 Å². The standard InChI is InChI=1S/C19H26N6O2/c1-13-17(12-23(2)21-13)18(26)20-10-15-9-16-11-24(7-4-8-25(16)22-15)19(27)14-5-3-6-14/h9,12,14H,3-8,10-11H2,1-2H3,(H,20,26). The van der Waals surface area contributed by atoms with E-state index >= 15 is 0 Å². The van der Waals surface area contributed by atoms with Gasteiger partial charge in [0.2, 0.25) is 5.91 Å². The molecule has 0 atom stereocenters. The first-order valence-corrected chi connectivity index (χ1v) is 9.64. The number of aromatic nitrogens is 4. The molecule has 144 valence electrons. The van der Waals surface area contributed by atoms with Crippen LogP contribution in [0.4, 0.5) is 0 Å². The minimum absolute atomic E-state index is 0.148. The first-order chi connectivity index (χ1) is 13.0. The van der Waals surface area contributed by atoms with Crippen molar-refractivity contribution in [1.29, 1.82) is 0 Å². The SMILES string of the molecule is Cc1nn(C)cc1C(=O)NCc1cc2n(n1)CCCN(C(=O)C1CCC1)C2. The van der Waals surface area contributed by atoms with E-state index in [0.29, 0.717) is 24.3 Å². The quantitative estimate of drug-likeness (QED) is 0.881. The molecular formula is C19H26N6O2. The minimum Gasteiger partial charge on any atom is -0.346 e. The average Bonchev–Trinajstić information content (AvgIpc) is 3.06. The molecule has 8 nitrogen and oxygen atoms in total. The Morgan fingerprint density at radius 2 is 2.04 bits per heavy atom. The number of rotatable bonds is 4. The fourth-order valence-corrected chi connectivity index (χ4v) is 3.80. The van der Waals surface area contributed by atoms with Crippen LogP contribution in [-0.2, 0) is 31.5 Å². The van der Waals surface area contributed by atoms with Crippen LogP contribution in [0.2, 0.25) is 0 Å². The summed E-state index contributed by atoms with van der Waals surface area (Å²) < 4.78 is 3.61. The maximum absolute atomic E-state index is 12.6. The largest absolute Gasteiger partial charge is 0.346 e. The molecule has 0 bridgehead atoms. The van der Waals surface area contributed by atoms with Gasteiger partial charge >= 0.3 is 0 Å². The summed E-state index contributed by atoms with van der Waals surface area (Å²) in [4.78, 5) is 26.9. The van der Waals surface area contributed by atoms with Crippen LogP contribution in [0.1, 0.15) is 53.1 Å². The Kier molecular flexibility index (Phi) is 4.72. The summed E-state index contributed by atoms with van der Waals surface area (Å²) in [5.74, 6) is 0.365. The highest BCUT2D eigenvalue weighted by Gasteiger charge is 2.30. The molecule has 1 aliphatic carbocycles. The van der Waals surface area contributed by atoms with Crippen molar-refractivity contribution in [1.82, 2.24) is 29.8 Å². The summed E-state index contributed by atoms with van der Waals surface area (Å²) in [5.41, 5.74) is 3.15. The predicted octanol–water partition coefficient (Wildman–Crippen LogP) is 1.39. The zero-order valence-electron chi connectivity index (χ0n) is 15.9. The second-order valence-corrected chi connectivity index (χ2v) is 7.58. The van der Waals surface area contributed by atoms with Gasteiger partial charge in [0.1, 0.15) is 0 Å². The molecule has 2 aromatic rings. The molecule has 8 heteroatoms. The lowest BCUT2D eigenvalue weighted by atomic mass is 9.84. The lowest BCUT2D eigenvalue weighted by Crippen LogP contribution is -2.38. The van der Waals surface area contributed by atoms with Crippen molar-refractivity contribution in [2.45, 2.75) is 52.2 Å². The van der Waals surface area contributed by atoms with Gasteiger partial charge in [-0.15, -0.1) is 0 Å². The van der Waals surface area contributed by atoms with E-state index in [1.165, 1.54) is 6.42 Å². The van der Waals surface area contributed by atoms with Crippen LogP contribution in [-0.4, -0.2) is 42.8 Å². The second kappa shape index (κ2) is 7.17. The first kappa shape index (κ1) is 17.8. The van der Waals surface area contributed by atoms with E-state index in [-0.39, 0.29) is 17.7 Å². The molecule has 27 heavy (non-hydrogen) atoms. The molecule has 0 radical (unpaired) electrons. The molecular weight excluding hydrogens is 344 g/mol. The Balaban J connectivity index is 1.40. The number of aryl methyl sites for hydroxylation is 3. The lowest BCUT2D eigenvalue weighted by Gasteiger charge is -2.30. The highest BCUT2D eigenvalue weighted by Crippen LogP contribution is 2.29. The van der Waals surface area contributed by atoms with Gasteiger partial charge in [-0.25, -0.2) is 0 Å². The molecule has 4 rings (SSSR count). The Morgan fingerprint density at radius 1 is 1.22 bits per heavy atom. The Morgan fingerprint density at radius 3 is 2.70 bits per heavy atom. The topological polar surface area (TPSA) is 85.1 Å². The number of hydrogen-bond donors (Lipinski definition) is 1. The van der Waals surface area contributed by atoms with Gasteiger partial charge in [-0.3, -0.25) is 19.0 Å². The molecule has 1 N–H and O–H groups in total. The number of hydrogen-bond acceptors (Lipinski definition) is 4. The summed E-state index contributed by atoms with van der Waals surface area (Å²) >= 11 is 0. The van der Waals surface area contributed by atoms with Gasteiger partial charge in [-0.05, 0) is 32.3 Å². The summed E-state index contributed by atoms with van der Waals surface area (Å²) in [7, 11) is 1.80. The van der Waals surface area contributed by atoms with Gasteiger partial charge in [0.25, 0.3) is 5.91 Å². The zero-order valence-corrected chi connectivity index (χ0v) is 15.9. The van der Waals surface area contributed by atoms with Crippen molar-refractivity contribution in [3.8, 4) is 0 Å². The van der Waals surface area contributed by atoms with Gasteiger partial charge in [0, 0.05) is 32.3 Å². The number of nitrogens with one attached hydrogen (secondary N) is 1. The number of fused-ring (bicyclic) bond motifs is 1. The van der Waals surface area contributed by atoms with E-state index in [1.807, 2.05) is 22.6 Å². The van der Waals surface area contributed by atoms with Crippen molar-refractivity contribution in [2.24, 2.45) is 13.0 Å². The average molecular weight is 370 g/mol. The molecule has 2 amide bonds. The molecule has 3 heterocycles. The Hall–Kier alpha value is -2.64. The van der Waals surface area contributed by atoms with Crippen molar-refractivity contribution >= 4 is 11.8 Å². The minimum atomic E-state index is -0.148. The Labute approximate surface area is 158 Å². The fraction of sp³-hybridized carbons (Fsp3) is 0.579. The molecule has 1 saturated carbocycles. The number of nitrogens with zero attached hydrogens (tertiary/aromatic N) is 5. The molecule has 0 unspecified atom stereocenters. The van der Waals surface area contributed by atoms with Gasteiger partial charge in [-0.1, -0.05) is 6.42 Å². The highest BCUT2D eigenvalue weighted by molar-refractivity contribution is 5.94. The van der Waals surface area contributed by atoms with Crippen molar-refractivity contribution < 1.29 is 9.59 Å². The van der Waals surface area contributed by atoms with Gasteiger partial charge in [-0.2, -0.15) is 10.2 Å². The van der Waals surface area contributed by atoms with Crippen LogP contribution in [0.5, 0.6) is 0 Å². The molecule has 1 fully saturated rings. The highest BCUT2D eigenvalue weighted by atomic mass is 16.2. The van der Waals surface area contributed by atoms with Crippen molar-refractivity contribution in [3.63, 3.8) is 0 Å². The molecule has 1 aliphatic heterocycles. The van der Waals surface area contributed by atoms with Crippen LogP contribution in [0.25, 0.3) is 0 Å². The van der Waals surface area contributed by atoms with E-state index in [4.69, 9.17) is 0 Å². The molecule has 2 aromatic heterocycles. The van der Waals surface area contributed by atoms with E-state index in [9.17, 15) is 9.59 Å². The molecule has 0 spiro atoms. The number of carbonyl (C=O) groups is 2. The van der Waals surface area contributed by atoms with Gasteiger partial charge in [0.15, 0.2) is 0 Å². The summed E-state index contributed by atoms with van der Waals surface area (Å²) in [5, 5.41) is 11.7. The summed E-state index contributed by atoms with van der Waals surface area (Å²) in [6.07, 6.45) is 5.85. The first-order valence-electron chi connectivity index (χ1n) is 9.64. The van der Waals surface area contributed by atoms with Crippen molar-refractivity contribution in [3.05, 3.63) is 34.9 Å². The Bertz CT molecular complexity index is 864. The third-order valence-electron chi connectivity index (χ3n) is 5.52. The summed E-state index contributed by atoms with van der Waals surface area (Å²) in [6, 6.07) is 2.00. The van der Waals surface area contributed by atoms with Crippen LogP contribution in [0.3, 0.4) is 0 Å². The van der Waals surface area contributed by atoms with Gasteiger partial charge in [0.05, 0.1) is 35.7 Å². The molecule has 2 aliphatic rings. The number of amides is 2. The smallest absolute Gasteiger partial charge is 0.255 e. The van der Waals surface area contributed by atoms with Crippen molar-refractivity contribution in [2.75, 3.05) is 6.54 Å². The van der Waals surface area contributed by atoms with E-state index in [0.717, 1.165) is 43.7 Å². The molecule has 0 saturated heterocycles. The van der Waals surface area contributed by atoms with Crippen LogP contribution in [0.15, 0.2) is 12.3 Å². The second-order valence-electron chi connectivity index (χ2n) is 7.58. The third-order valence-corrected chi connectivity index (χ3v) is 5.52. The van der Waals surface area contributed by atoms with Crippen LogP contribution < -0.4 is 5.32 Å². The maximum Gasteiger partial charge on any atom is 0.255 e. The normalized spacial score (nSPS) is 17.2. The maximum atomic E-state index is 12.6. The lowest BCUT2D eigenvalue weighted by molar-refractivity contribution is -0.138. The van der Waals surface area contributed by atoms with E-state index in [1.54, 1.807) is 17.9 Å². The van der Waals surface area contributed by atoms with Gasteiger partial charge < -0.3 is 10.2 Å².